The predicted molar refractivity (Wildman–Crippen MR) is 44.6 cm³/mol. The molecule has 0 spiro atoms. The molecule has 2 rings (SSSR count). The number of aromatic nitrogens is 3. The van der Waals surface area contributed by atoms with Crippen molar-refractivity contribution in [1.29, 1.82) is 0 Å². The molecule has 0 aliphatic heterocycles. The van der Waals surface area contributed by atoms with Gasteiger partial charge in [-0.3, -0.25) is 4.79 Å². The standard InChI is InChI=1S/C7H5N3O2S/c11-3-5-1-2-6(12-5)13-7-8-4-9-10-7/h1-4H,(H,8,9,10). The Morgan fingerprint density at radius 3 is 3.08 bits per heavy atom. The van der Waals surface area contributed by atoms with Gasteiger partial charge in [0, 0.05) is 0 Å². The minimum absolute atomic E-state index is 0.307. The fourth-order valence-electron chi connectivity index (χ4n) is 0.792. The van der Waals surface area contributed by atoms with E-state index in [-0.39, 0.29) is 0 Å². The molecule has 0 aliphatic rings. The summed E-state index contributed by atoms with van der Waals surface area (Å²) in [7, 11) is 0. The lowest BCUT2D eigenvalue weighted by Crippen LogP contribution is -1.73. The molecular weight excluding hydrogens is 190 g/mol. The van der Waals surface area contributed by atoms with Gasteiger partial charge in [-0.25, -0.2) is 0 Å². The molecule has 1 N–H and O–H groups in total. The first-order valence-electron chi connectivity index (χ1n) is 3.47. The van der Waals surface area contributed by atoms with E-state index in [1.165, 1.54) is 18.1 Å². The first kappa shape index (κ1) is 8.06. The summed E-state index contributed by atoms with van der Waals surface area (Å²) in [4.78, 5) is 13.1. The summed E-state index contributed by atoms with van der Waals surface area (Å²) in [5, 5.41) is 8.60. The first-order valence-corrected chi connectivity index (χ1v) is 4.29. The van der Waals surface area contributed by atoms with Gasteiger partial charge < -0.3 is 9.40 Å². The van der Waals surface area contributed by atoms with Crippen molar-refractivity contribution in [3.05, 3.63) is 24.2 Å². The Morgan fingerprint density at radius 2 is 2.46 bits per heavy atom. The lowest BCUT2D eigenvalue weighted by atomic mass is 10.5. The SMILES string of the molecule is O=Cc1ccc(Sc2nnc[nH]2)o1. The molecule has 0 saturated heterocycles. The number of aldehydes is 1. The Balaban J connectivity index is 2.14. The van der Waals surface area contributed by atoms with Crippen LogP contribution in [0, 0.1) is 0 Å². The van der Waals surface area contributed by atoms with Crippen molar-refractivity contribution >= 4 is 18.0 Å². The minimum atomic E-state index is 0.307. The van der Waals surface area contributed by atoms with Crippen molar-refractivity contribution < 1.29 is 9.21 Å². The number of furan rings is 1. The molecule has 13 heavy (non-hydrogen) atoms. The molecule has 0 aliphatic carbocycles. The summed E-state index contributed by atoms with van der Waals surface area (Å²) < 4.78 is 5.11. The monoisotopic (exact) mass is 195 g/mol. The van der Waals surface area contributed by atoms with Crippen molar-refractivity contribution in [2.75, 3.05) is 0 Å². The molecule has 0 atom stereocenters. The fraction of sp³-hybridized carbons (Fsp3) is 0. The van der Waals surface area contributed by atoms with Crippen LogP contribution < -0.4 is 0 Å². The van der Waals surface area contributed by atoms with Crippen LogP contribution in [0.3, 0.4) is 0 Å². The molecule has 0 aromatic carbocycles. The maximum Gasteiger partial charge on any atom is 0.196 e. The molecule has 0 saturated carbocycles. The molecular formula is C7H5N3O2S. The van der Waals surface area contributed by atoms with Crippen LogP contribution in [0.5, 0.6) is 0 Å². The molecule has 5 nitrogen and oxygen atoms in total. The van der Waals surface area contributed by atoms with Gasteiger partial charge in [0.05, 0.1) is 0 Å². The summed E-state index contributed by atoms with van der Waals surface area (Å²) in [6.45, 7) is 0. The van der Waals surface area contributed by atoms with Crippen molar-refractivity contribution in [3.8, 4) is 0 Å². The van der Waals surface area contributed by atoms with Crippen LogP contribution >= 0.6 is 11.8 Å². The zero-order valence-electron chi connectivity index (χ0n) is 6.43. The zero-order chi connectivity index (χ0) is 9.10. The zero-order valence-corrected chi connectivity index (χ0v) is 7.25. The minimum Gasteiger partial charge on any atom is -0.447 e. The van der Waals surface area contributed by atoms with Gasteiger partial charge in [0.2, 0.25) is 0 Å². The van der Waals surface area contributed by atoms with Crippen molar-refractivity contribution in [2.45, 2.75) is 10.2 Å². The molecule has 0 unspecified atom stereocenters. The summed E-state index contributed by atoms with van der Waals surface area (Å²) >= 11 is 1.28. The van der Waals surface area contributed by atoms with Crippen LogP contribution in [0.4, 0.5) is 0 Å². The van der Waals surface area contributed by atoms with E-state index in [2.05, 4.69) is 15.2 Å². The average Bonchev–Trinajstić information content (AvgIpc) is 2.76. The number of aromatic amines is 1. The molecule has 0 bridgehead atoms. The van der Waals surface area contributed by atoms with E-state index in [9.17, 15) is 4.79 Å². The van der Waals surface area contributed by atoms with E-state index in [0.29, 0.717) is 22.3 Å². The van der Waals surface area contributed by atoms with Crippen LogP contribution in [0.15, 0.2) is 33.1 Å². The number of hydrogen-bond donors (Lipinski definition) is 1. The van der Waals surface area contributed by atoms with Crippen LogP contribution in [0.1, 0.15) is 10.6 Å². The largest absolute Gasteiger partial charge is 0.447 e. The van der Waals surface area contributed by atoms with Crippen molar-refractivity contribution in [3.63, 3.8) is 0 Å². The molecule has 6 heteroatoms. The number of hydrogen-bond acceptors (Lipinski definition) is 5. The van der Waals surface area contributed by atoms with E-state index < -0.39 is 0 Å². The predicted octanol–water partition coefficient (Wildman–Crippen LogP) is 1.36. The lowest BCUT2D eigenvalue weighted by molar-refractivity contribution is 0.109. The van der Waals surface area contributed by atoms with Crippen LogP contribution in [0.2, 0.25) is 0 Å². The van der Waals surface area contributed by atoms with Crippen LogP contribution in [-0.4, -0.2) is 21.5 Å². The Morgan fingerprint density at radius 1 is 1.54 bits per heavy atom. The molecule has 2 aromatic heterocycles. The van der Waals surface area contributed by atoms with Gasteiger partial charge >= 0.3 is 0 Å². The molecule has 2 aromatic rings. The van der Waals surface area contributed by atoms with E-state index in [4.69, 9.17) is 4.42 Å². The van der Waals surface area contributed by atoms with Crippen molar-refractivity contribution in [2.24, 2.45) is 0 Å². The molecule has 2 heterocycles. The number of carbonyl (C=O) groups excluding carboxylic acids is 1. The van der Waals surface area contributed by atoms with Gasteiger partial charge in [0.1, 0.15) is 6.33 Å². The summed E-state index contributed by atoms with van der Waals surface area (Å²) in [5.41, 5.74) is 0. The first-order chi connectivity index (χ1) is 6.38. The number of H-pyrrole nitrogens is 1. The topological polar surface area (TPSA) is 71.8 Å². The van der Waals surface area contributed by atoms with Gasteiger partial charge in [0.25, 0.3) is 0 Å². The normalized spacial score (nSPS) is 10.2. The highest BCUT2D eigenvalue weighted by atomic mass is 32.2. The second-order valence-electron chi connectivity index (χ2n) is 2.17. The molecule has 0 radical (unpaired) electrons. The smallest absolute Gasteiger partial charge is 0.196 e. The van der Waals surface area contributed by atoms with Gasteiger partial charge in [-0.1, -0.05) is 0 Å². The highest BCUT2D eigenvalue weighted by Gasteiger charge is 2.04. The van der Waals surface area contributed by atoms with Gasteiger partial charge in [0.15, 0.2) is 22.3 Å². The summed E-state index contributed by atoms with van der Waals surface area (Å²) in [6.07, 6.45) is 2.14. The van der Waals surface area contributed by atoms with Crippen molar-refractivity contribution in [1.82, 2.24) is 15.2 Å². The van der Waals surface area contributed by atoms with E-state index >= 15 is 0 Å². The molecule has 0 amide bonds. The third kappa shape index (κ3) is 1.78. The van der Waals surface area contributed by atoms with Gasteiger partial charge in [-0.15, -0.1) is 10.2 Å². The summed E-state index contributed by atoms with van der Waals surface area (Å²) in [5.74, 6) is 0.307. The highest BCUT2D eigenvalue weighted by molar-refractivity contribution is 7.99. The Hall–Kier alpha value is -1.56. The Labute approximate surface area is 77.5 Å². The van der Waals surface area contributed by atoms with Crippen LogP contribution in [-0.2, 0) is 0 Å². The number of rotatable bonds is 3. The average molecular weight is 195 g/mol. The Kier molecular flexibility index (Phi) is 2.13. The number of carbonyl (C=O) groups is 1. The molecule has 66 valence electrons. The van der Waals surface area contributed by atoms with E-state index in [0.717, 1.165) is 0 Å². The second kappa shape index (κ2) is 3.44. The number of nitrogens with one attached hydrogen (secondary N) is 1. The quantitative estimate of drug-likeness (QED) is 0.748. The summed E-state index contributed by atoms with van der Waals surface area (Å²) in [6, 6.07) is 3.31. The van der Waals surface area contributed by atoms with E-state index in [1.807, 2.05) is 0 Å². The highest BCUT2D eigenvalue weighted by Crippen LogP contribution is 2.25. The van der Waals surface area contributed by atoms with Gasteiger partial charge in [-0.2, -0.15) is 0 Å². The maximum atomic E-state index is 10.3. The number of nitrogens with zero attached hydrogens (tertiary/aromatic N) is 2. The lowest BCUT2D eigenvalue weighted by Gasteiger charge is -1.88. The third-order valence-electron chi connectivity index (χ3n) is 1.31. The fourth-order valence-corrected chi connectivity index (χ4v) is 1.46. The molecule has 0 fully saturated rings. The van der Waals surface area contributed by atoms with Crippen LogP contribution in [0.25, 0.3) is 0 Å². The second-order valence-corrected chi connectivity index (χ2v) is 3.16. The third-order valence-corrected chi connectivity index (χ3v) is 2.12. The maximum absolute atomic E-state index is 10.3. The van der Waals surface area contributed by atoms with Gasteiger partial charge in [-0.05, 0) is 23.9 Å². The van der Waals surface area contributed by atoms with E-state index in [1.54, 1.807) is 12.1 Å². The Bertz CT molecular complexity index is 396.